The van der Waals surface area contributed by atoms with Crippen LogP contribution in [0.1, 0.15) is 31.7 Å². The second kappa shape index (κ2) is 6.87. The van der Waals surface area contributed by atoms with Crippen molar-refractivity contribution < 1.29 is 14.3 Å². The highest BCUT2D eigenvalue weighted by atomic mass is 16.6. The van der Waals surface area contributed by atoms with Crippen molar-refractivity contribution in [3.8, 4) is 0 Å². The zero-order valence-corrected chi connectivity index (χ0v) is 16.6. The molecule has 2 saturated heterocycles. The Morgan fingerprint density at radius 3 is 2.62 bits per heavy atom. The fourth-order valence-electron chi connectivity index (χ4n) is 4.90. The number of hydrogen-bond acceptors (Lipinski definition) is 5. The molecule has 29 heavy (non-hydrogen) atoms. The van der Waals surface area contributed by atoms with E-state index in [-0.39, 0.29) is 23.4 Å². The van der Waals surface area contributed by atoms with Gasteiger partial charge in [0.25, 0.3) is 0 Å². The van der Waals surface area contributed by atoms with Crippen molar-refractivity contribution in [3.63, 3.8) is 0 Å². The second-order valence-corrected chi connectivity index (χ2v) is 8.55. The third kappa shape index (κ3) is 3.26. The van der Waals surface area contributed by atoms with Gasteiger partial charge in [0.2, 0.25) is 0 Å². The smallest absolute Gasteiger partial charge is 0.414 e. The van der Waals surface area contributed by atoms with Gasteiger partial charge >= 0.3 is 6.09 Å². The molecule has 1 saturated carbocycles. The fraction of sp³-hybridized carbons (Fsp3) is 0.435. The third-order valence-corrected chi connectivity index (χ3v) is 6.62. The van der Waals surface area contributed by atoms with Gasteiger partial charge in [-0.25, -0.2) is 4.79 Å². The summed E-state index contributed by atoms with van der Waals surface area (Å²) in [5.74, 6) is 0.814. The van der Waals surface area contributed by atoms with Crippen LogP contribution in [0.5, 0.6) is 0 Å². The van der Waals surface area contributed by atoms with Crippen LogP contribution in [0, 0.1) is 5.92 Å². The highest BCUT2D eigenvalue weighted by Crippen LogP contribution is 2.59. The van der Waals surface area contributed by atoms with E-state index in [1.165, 1.54) is 17.7 Å². The van der Waals surface area contributed by atoms with E-state index < -0.39 is 0 Å². The molecule has 1 amide bonds. The van der Waals surface area contributed by atoms with Crippen molar-refractivity contribution >= 4 is 23.3 Å². The van der Waals surface area contributed by atoms with Crippen molar-refractivity contribution in [1.29, 1.82) is 0 Å². The zero-order valence-electron chi connectivity index (χ0n) is 16.6. The van der Waals surface area contributed by atoms with Crippen molar-refractivity contribution in [2.45, 2.75) is 37.7 Å². The van der Waals surface area contributed by atoms with Crippen LogP contribution >= 0.6 is 0 Å². The lowest BCUT2D eigenvalue weighted by atomic mass is 9.94. The van der Waals surface area contributed by atoms with Gasteiger partial charge < -0.3 is 14.4 Å². The van der Waals surface area contributed by atoms with Gasteiger partial charge in [0.05, 0.1) is 6.54 Å². The van der Waals surface area contributed by atoms with E-state index in [1.54, 1.807) is 11.8 Å². The minimum absolute atomic E-state index is 0.125. The molecular weight excluding hydrogens is 366 g/mol. The van der Waals surface area contributed by atoms with E-state index in [2.05, 4.69) is 34.1 Å². The first-order valence-corrected chi connectivity index (χ1v) is 10.3. The topological polar surface area (TPSA) is 62.7 Å². The highest BCUT2D eigenvalue weighted by Gasteiger charge is 2.60. The molecule has 2 unspecified atom stereocenters. The van der Waals surface area contributed by atoms with Crippen LogP contribution in [0.3, 0.4) is 0 Å². The Morgan fingerprint density at radius 1 is 1.14 bits per heavy atom. The molecule has 3 aliphatic rings. The summed E-state index contributed by atoms with van der Waals surface area (Å²) in [6.07, 6.45) is 5.43. The average molecular weight is 391 g/mol. The number of benzene rings is 1. The number of Topliss-reactive ketones (excluding diaryl/α,β-unsaturated/α-hetero) is 1. The molecule has 2 aromatic rings. The van der Waals surface area contributed by atoms with Gasteiger partial charge in [-0.1, -0.05) is 12.1 Å². The number of amides is 1. The standard InChI is InChI=1S/C23H25N3O3/c1-16(27)2-7-21-14-26(22(28)29-21)20-5-3-17(4-6-20)23-12-18(23)13-25(15-23)19-8-10-24-11-9-19/h3-6,8-11,18,21H,2,7,12-15H2,1H3/t18?,21-,23?/m0/s1. The van der Waals surface area contributed by atoms with Crippen molar-refractivity contribution in [2.24, 2.45) is 5.92 Å². The minimum atomic E-state index is -0.321. The van der Waals surface area contributed by atoms with Gasteiger partial charge in [0.15, 0.2) is 0 Å². The molecule has 1 aromatic carbocycles. The van der Waals surface area contributed by atoms with Gasteiger partial charge in [-0.05, 0) is 55.5 Å². The Kier molecular flexibility index (Phi) is 4.30. The molecule has 150 valence electrons. The van der Waals surface area contributed by atoms with Gasteiger partial charge in [-0.15, -0.1) is 0 Å². The van der Waals surface area contributed by atoms with E-state index in [0.29, 0.717) is 25.3 Å². The van der Waals surface area contributed by atoms with Crippen LogP contribution < -0.4 is 9.80 Å². The molecule has 3 fully saturated rings. The number of piperidine rings is 1. The Labute approximate surface area is 170 Å². The number of cyclic esters (lactones) is 1. The summed E-state index contributed by atoms with van der Waals surface area (Å²) in [5, 5.41) is 0. The van der Waals surface area contributed by atoms with Crippen molar-refractivity contribution in [1.82, 2.24) is 4.98 Å². The number of hydrogen-bond donors (Lipinski definition) is 0. The first-order chi connectivity index (χ1) is 14.0. The molecule has 6 nitrogen and oxygen atoms in total. The molecule has 0 radical (unpaired) electrons. The van der Waals surface area contributed by atoms with Crippen LogP contribution in [0.2, 0.25) is 0 Å². The summed E-state index contributed by atoms with van der Waals surface area (Å²) < 4.78 is 5.42. The predicted molar refractivity (Wildman–Crippen MR) is 110 cm³/mol. The third-order valence-electron chi connectivity index (χ3n) is 6.62. The SMILES string of the molecule is CC(=O)CC[C@H]1CN(c2ccc(C34CC3CN(c3ccncc3)C4)cc2)C(=O)O1. The number of fused-ring (bicyclic) bond motifs is 1. The Balaban J connectivity index is 1.27. The number of carbonyl (C=O) groups excluding carboxylic acids is 2. The average Bonchev–Trinajstić information content (AvgIpc) is 3.10. The zero-order chi connectivity index (χ0) is 20.0. The van der Waals surface area contributed by atoms with Gasteiger partial charge in [-0.3, -0.25) is 9.88 Å². The first-order valence-electron chi connectivity index (χ1n) is 10.3. The summed E-state index contributed by atoms with van der Waals surface area (Å²) in [6.45, 7) is 4.19. The number of aromatic nitrogens is 1. The lowest BCUT2D eigenvalue weighted by Crippen LogP contribution is -2.26. The summed E-state index contributed by atoms with van der Waals surface area (Å²) in [5.41, 5.74) is 3.68. The molecule has 5 rings (SSSR count). The summed E-state index contributed by atoms with van der Waals surface area (Å²) in [7, 11) is 0. The number of carbonyl (C=O) groups is 2. The maximum atomic E-state index is 12.2. The van der Waals surface area contributed by atoms with E-state index in [9.17, 15) is 9.59 Å². The maximum Gasteiger partial charge on any atom is 0.414 e. The molecule has 3 atom stereocenters. The molecule has 1 aromatic heterocycles. The number of rotatable bonds is 6. The molecule has 6 heteroatoms. The first kappa shape index (κ1) is 18.2. The molecule has 3 heterocycles. The normalized spacial score (nSPS) is 27.7. The highest BCUT2D eigenvalue weighted by molar-refractivity contribution is 5.89. The summed E-state index contributed by atoms with van der Waals surface area (Å²) >= 11 is 0. The Bertz CT molecular complexity index is 930. The van der Waals surface area contributed by atoms with Crippen molar-refractivity contribution in [2.75, 3.05) is 29.4 Å². The Hall–Kier alpha value is -2.89. The number of ketones is 1. The number of pyridine rings is 1. The van der Waals surface area contributed by atoms with Crippen molar-refractivity contribution in [3.05, 3.63) is 54.4 Å². The van der Waals surface area contributed by atoms with Gasteiger partial charge in [0, 0.05) is 48.7 Å². The quantitative estimate of drug-likeness (QED) is 0.754. The molecule has 0 spiro atoms. The molecule has 2 aliphatic heterocycles. The Morgan fingerprint density at radius 2 is 1.90 bits per heavy atom. The number of anilines is 2. The summed E-state index contributed by atoms with van der Waals surface area (Å²) in [6, 6.07) is 12.5. The van der Waals surface area contributed by atoms with E-state index in [0.717, 1.165) is 18.8 Å². The lowest BCUT2D eigenvalue weighted by molar-refractivity contribution is -0.117. The largest absolute Gasteiger partial charge is 0.444 e. The number of nitrogens with zero attached hydrogens (tertiary/aromatic N) is 3. The van der Waals surface area contributed by atoms with E-state index in [1.807, 2.05) is 24.5 Å². The maximum absolute atomic E-state index is 12.2. The minimum Gasteiger partial charge on any atom is -0.444 e. The van der Waals surface area contributed by atoms with Crippen LogP contribution in [-0.4, -0.2) is 42.6 Å². The van der Waals surface area contributed by atoms with Gasteiger partial charge in [-0.2, -0.15) is 0 Å². The van der Waals surface area contributed by atoms with E-state index in [4.69, 9.17) is 4.74 Å². The van der Waals surface area contributed by atoms with E-state index >= 15 is 0 Å². The monoisotopic (exact) mass is 391 g/mol. The molecular formula is C23H25N3O3. The van der Waals surface area contributed by atoms with Crippen LogP contribution in [0.25, 0.3) is 0 Å². The molecule has 0 N–H and O–H groups in total. The molecule has 1 aliphatic carbocycles. The van der Waals surface area contributed by atoms with Crippen LogP contribution in [-0.2, 0) is 14.9 Å². The lowest BCUT2D eigenvalue weighted by Gasteiger charge is -2.23. The number of ether oxygens (including phenoxy) is 1. The summed E-state index contributed by atoms with van der Waals surface area (Å²) in [4.78, 5) is 31.7. The van der Waals surface area contributed by atoms with Gasteiger partial charge in [0.1, 0.15) is 11.9 Å². The fourth-order valence-corrected chi connectivity index (χ4v) is 4.90. The van der Waals surface area contributed by atoms with Crippen LogP contribution in [0.4, 0.5) is 16.2 Å². The second-order valence-electron chi connectivity index (χ2n) is 8.55. The molecule has 0 bridgehead atoms. The predicted octanol–water partition coefficient (Wildman–Crippen LogP) is 3.55. The van der Waals surface area contributed by atoms with Crippen LogP contribution in [0.15, 0.2) is 48.8 Å².